The summed E-state index contributed by atoms with van der Waals surface area (Å²) in [5.74, 6) is 0.121. The maximum Gasteiger partial charge on any atom is 0.277 e. The van der Waals surface area contributed by atoms with Crippen molar-refractivity contribution in [3.05, 3.63) is 54.6 Å². The molecule has 0 bridgehead atoms. The van der Waals surface area contributed by atoms with E-state index in [9.17, 15) is 13.2 Å². The molecule has 0 aliphatic carbocycles. The number of nitrogens with zero attached hydrogens (tertiary/aromatic N) is 3. The molecule has 0 unspecified atom stereocenters. The van der Waals surface area contributed by atoms with Crippen LogP contribution in [0, 0.1) is 0 Å². The Morgan fingerprint density at radius 2 is 1.75 bits per heavy atom. The molecule has 1 amide bonds. The van der Waals surface area contributed by atoms with Gasteiger partial charge in [0.05, 0.1) is 23.4 Å². The molecule has 11 heteroatoms. The van der Waals surface area contributed by atoms with Crippen LogP contribution < -0.4 is 5.32 Å². The van der Waals surface area contributed by atoms with Crippen LogP contribution in [0.25, 0.3) is 11.5 Å². The molecule has 0 spiro atoms. The summed E-state index contributed by atoms with van der Waals surface area (Å²) in [5, 5.41) is 10.6. The van der Waals surface area contributed by atoms with Crippen LogP contribution in [-0.2, 0) is 19.6 Å². The molecular weight excluding hydrogens is 452 g/mol. The van der Waals surface area contributed by atoms with E-state index < -0.39 is 15.3 Å². The Morgan fingerprint density at radius 1 is 1.06 bits per heavy atom. The Hall–Kier alpha value is -2.73. The van der Waals surface area contributed by atoms with Crippen molar-refractivity contribution >= 4 is 33.4 Å². The second-order valence-electron chi connectivity index (χ2n) is 7.03. The molecule has 1 atom stereocenters. The molecule has 9 nitrogen and oxygen atoms in total. The normalized spacial score (nSPS) is 15.9. The average molecular weight is 475 g/mol. The molecule has 1 saturated heterocycles. The number of aromatic nitrogens is 2. The number of ether oxygens (including phenoxy) is 1. The third-order valence-corrected chi connectivity index (χ3v) is 7.65. The highest BCUT2D eigenvalue weighted by Gasteiger charge is 2.26. The molecule has 0 radical (unpaired) electrons. The van der Waals surface area contributed by atoms with Crippen molar-refractivity contribution in [2.45, 2.75) is 22.3 Å². The first-order chi connectivity index (χ1) is 15.4. The Kier molecular flexibility index (Phi) is 6.89. The number of anilines is 1. The fourth-order valence-electron chi connectivity index (χ4n) is 3.05. The number of carbonyl (C=O) groups excluding carboxylic acids is 1. The summed E-state index contributed by atoms with van der Waals surface area (Å²) >= 11 is 1.15. The first kappa shape index (κ1) is 22.5. The molecule has 1 aliphatic rings. The highest BCUT2D eigenvalue weighted by molar-refractivity contribution is 8.00. The molecule has 1 N–H and O–H groups in total. The molecule has 168 valence electrons. The van der Waals surface area contributed by atoms with Gasteiger partial charge in [-0.15, -0.1) is 10.2 Å². The third kappa shape index (κ3) is 5.18. The van der Waals surface area contributed by atoms with Crippen LogP contribution in [0.5, 0.6) is 0 Å². The van der Waals surface area contributed by atoms with Gasteiger partial charge >= 0.3 is 0 Å². The number of morpholine rings is 1. The Balaban J connectivity index is 1.36. The van der Waals surface area contributed by atoms with Crippen molar-refractivity contribution in [1.82, 2.24) is 14.5 Å². The van der Waals surface area contributed by atoms with Gasteiger partial charge < -0.3 is 14.5 Å². The molecule has 1 aromatic heterocycles. The average Bonchev–Trinajstić information content (AvgIpc) is 3.29. The van der Waals surface area contributed by atoms with E-state index in [-0.39, 0.29) is 10.8 Å². The number of sulfonamides is 1. The van der Waals surface area contributed by atoms with Gasteiger partial charge in [-0.25, -0.2) is 8.42 Å². The lowest BCUT2D eigenvalue weighted by Gasteiger charge is -2.26. The summed E-state index contributed by atoms with van der Waals surface area (Å²) in [5.41, 5.74) is 1.30. The van der Waals surface area contributed by atoms with E-state index in [1.807, 2.05) is 30.3 Å². The highest BCUT2D eigenvalue weighted by Crippen LogP contribution is 2.27. The lowest BCUT2D eigenvalue weighted by Crippen LogP contribution is -2.40. The monoisotopic (exact) mass is 474 g/mol. The van der Waals surface area contributed by atoms with E-state index in [0.29, 0.717) is 43.1 Å². The lowest BCUT2D eigenvalue weighted by atomic mass is 10.2. The van der Waals surface area contributed by atoms with Crippen molar-refractivity contribution in [2.75, 3.05) is 31.6 Å². The first-order valence-corrected chi connectivity index (χ1v) is 12.3. The van der Waals surface area contributed by atoms with E-state index in [4.69, 9.17) is 9.15 Å². The number of benzene rings is 2. The minimum Gasteiger partial charge on any atom is -0.411 e. The zero-order valence-corrected chi connectivity index (χ0v) is 18.9. The largest absolute Gasteiger partial charge is 0.411 e. The van der Waals surface area contributed by atoms with Gasteiger partial charge in [0.2, 0.25) is 21.8 Å². The predicted octanol–water partition coefficient (Wildman–Crippen LogP) is 2.88. The summed E-state index contributed by atoms with van der Waals surface area (Å²) in [4.78, 5) is 12.7. The molecule has 32 heavy (non-hydrogen) atoms. The number of carbonyl (C=O) groups is 1. The van der Waals surface area contributed by atoms with Crippen LogP contribution in [-0.4, -0.2) is 60.4 Å². The van der Waals surface area contributed by atoms with Gasteiger partial charge in [0.25, 0.3) is 5.22 Å². The zero-order chi connectivity index (χ0) is 22.6. The van der Waals surface area contributed by atoms with Crippen LogP contribution in [0.2, 0.25) is 0 Å². The fraction of sp³-hybridized carbons (Fsp3) is 0.286. The Labute approximate surface area is 190 Å². The number of amides is 1. The molecule has 3 aromatic rings. The lowest BCUT2D eigenvalue weighted by molar-refractivity contribution is -0.115. The van der Waals surface area contributed by atoms with Gasteiger partial charge in [-0.1, -0.05) is 30.0 Å². The number of hydrogen-bond acceptors (Lipinski definition) is 8. The molecule has 2 heterocycles. The van der Waals surface area contributed by atoms with Crippen LogP contribution in [0.3, 0.4) is 0 Å². The second kappa shape index (κ2) is 9.82. The van der Waals surface area contributed by atoms with Crippen LogP contribution in [0.15, 0.2) is 69.1 Å². The number of nitrogens with one attached hydrogen (secondary N) is 1. The zero-order valence-electron chi connectivity index (χ0n) is 17.3. The number of rotatable bonds is 7. The van der Waals surface area contributed by atoms with Crippen molar-refractivity contribution in [3.63, 3.8) is 0 Å². The predicted molar refractivity (Wildman–Crippen MR) is 120 cm³/mol. The standard InChI is InChI=1S/C21H22N4O5S2/c1-15(31-21-24-23-20(30-21)16-5-3-2-4-6-16)19(26)22-17-7-9-18(10-8-17)32(27,28)25-11-13-29-14-12-25/h2-10,15H,11-14H2,1H3,(H,22,26)/t15-/m1/s1. The fourth-order valence-corrected chi connectivity index (χ4v) is 5.14. The van der Waals surface area contributed by atoms with Gasteiger partial charge in [-0.2, -0.15) is 4.31 Å². The molecule has 0 saturated carbocycles. The molecule has 4 rings (SSSR count). The van der Waals surface area contributed by atoms with E-state index >= 15 is 0 Å². The number of hydrogen-bond donors (Lipinski definition) is 1. The summed E-state index contributed by atoms with van der Waals surface area (Å²) in [6, 6.07) is 15.5. The summed E-state index contributed by atoms with van der Waals surface area (Å²) in [6.07, 6.45) is 0. The Bertz CT molecular complexity index is 1160. The summed E-state index contributed by atoms with van der Waals surface area (Å²) in [6.45, 7) is 3.16. The van der Waals surface area contributed by atoms with Gasteiger partial charge in [-0.3, -0.25) is 4.79 Å². The topological polar surface area (TPSA) is 115 Å². The molecule has 1 fully saturated rings. The molecule has 2 aromatic carbocycles. The smallest absolute Gasteiger partial charge is 0.277 e. The van der Waals surface area contributed by atoms with E-state index in [0.717, 1.165) is 17.3 Å². The van der Waals surface area contributed by atoms with Crippen molar-refractivity contribution in [2.24, 2.45) is 0 Å². The maximum atomic E-state index is 12.7. The maximum absolute atomic E-state index is 12.7. The second-order valence-corrected chi connectivity index (χ2v) is 10.3. The van der Waals surface area contributed by atoms with Crippen molar-refractivity contribution in [3.8, 4) is 11.5 Å². The van der Waals surface area contributed by atoms with Gasteiger partial charge in [0, 0.05) is 24.3 Å². The molecule has 1 aliphatic heterocycles. The van der Waals surface area contributed by atoms with Gasteiger partial charge in [-0.05, 0) is 43.3 Å². The summed E-state index contributed by atoms with van der Waals surface area (Å²) < 4.78 is 37.6. The van der Waals surface area contributed by atoms with Crippen LogP contribution in [0.4, 0.5) is 5.69 Å². The molecular formula is C21H22N4O5S2. The van der Waals surface area contributed by atoms with Gasteiger partial charge in [0.1, 0.15) is 0 Å². The van der Waals surface area contributed by atoms with Crippen molar-refractivity contribution in [1.29, 1.82) is 0 Å². The third-order valence-electron chi connectivity index (χ3n) is 4.80. The summed E-state index contributed by atoms with van der Waals surface area (Å²) in [7, 11) is -3.58. The van der Waals surface area contributed by atoms with E-state index in [1.54, 1.807) is 19.1 Å². The minimum atomic E-state index is -3.58. The first-order valence-electron chi connectivity index (χ1n) is 9.98. The van der Waals surface area contributed by atoms with E-state index in [1.165, 1.54) is 16.4 Å². The SMILES string of the molecule is C[C@@H](Sc1nnc(-c2ccccc2)o1)C(=O)Nc1ccc(S(=O)(=O)N2CCOCC2)cc1. The Morgan fingerprint density at radius 3 is 2.44 bits per heavy atom. The highest BCUT2D eigenvalue weighted by atomic mass is 32.2. The minimum absolute atomic E-state index is 0.180. The van der Waals surface area contributed by atoms with Crippen LogP contribution in [0.1, 0.15) is 6.92 Å². The van der Waals surface area contributed by atoms with Gasteiger partial charge in [0.15, 0.2) is 0 Å². The quantitative estimate of drug-likeness (QED) is 0.520. The van der Waals surface area contributed by atoms with Crippen LogP contribution >= 0.6 is 11.8 Å². The number of thioether (sulfide) groups is 1. The van der Waals surface area contributed by atoms with Crippen molar-refractivity contribution < 1.29 is 22.4 Å². The van der Waals surface area contributed by atoms with E-state index in [2.05, 4.69) is 15.5 Å².